The lowest BCUT2D eigenvalue weighted by molar-refractivity contribution is 0.414. The molecule has 96 valence electrons. The van der Waals surface area contributed by atoms with Crippen molar-refractivity contribution in [3.8, 4) is 18.1 Å². The van der Waals surface area contributed by atoms with Crippen LogP contribution < -0.4 is 10.1 Å². The average Bonchev–Trinajstić information content (AvgIpc) is 2.47. The van der Waals surface area contributed by atoms with Crippen LogP contribution in [0, 0.1) is 12.3 Å². The second-order valence-electron chi connectivity index (χ2n) is 4.37. The first kappa shape index (κ1) is 13.0. The predicted molar refractivity (Wildman–Crippen MR) is 79.4 cm³/mol. The molecule has 0 aromatic heterocycles. The van der Waals surface area contributed by atoms with Gasteiger partial charge in [0.25, 0.3) is 0 Å². The molecule has 2 heteroatoms. The molecule has 19 heavy (non-hydrogen) atoms. The van der Waals surface area contributed by atoms with E-state index in [1.54, 1.807) is 7.11 Å². The minimum Gasteiger partial charge on any atom is -0.497 e. The minimum absolute atomic E-state index is 0.183. The van der Waals surface area contributed by atoms with Gasteiger partial charge < -0.3 is 10.1 Å². The maximum Gasteiger partial charge on any atom is 0.119 e. The van der Waals surface area contributed by atoms with Crippen molar-refractivity contribution in [1.29, 1.82) is 0 Å². The highest BCUT2D eigenvalue weighted by Crippen LogP contribution is 2.23. The van der Waals surface area contributed by atoms with Crippen LogP contribution in [0.5, 0.6) is 5.75 Å². The van der Waals surface area contributed by atoms with Crippen LogP contribution in [-0.4, -0.2) is 7.11 Å². The minimum atomic E-state index is 0.183. The highest BCUT2D eigenvalue weighted by Gasteiger charge is 2.06. The molecule has 1 atom stereocenters. The molecular formula is C17H17NO. The van der Waals surface area contributed by atoms with Crippen LogP contribution in [0.25, 0.3) is 0 Å². The standard InChI is InChI=1S/C17H17NO/c1-4-14-7-5-9-16(11-14)18-13(2)15-8-6-10-17(12-15)19-3/h1,5-13,18H,2-3H3. The molecule has 0 aliphatic carbocycles. The van der Waals surface area contributed by atoms with Gasteiger partial charge in [-0.2, -0.15) is 0 Å². The van der Waals surface area contributed by atoms with Crippen molar-refractivity contribution in [3.63, 3.8) is 0 Å². The first-order valence-corrected chi connectivity index (χ1v) is 6.20. The van der Waals surface area contributed by atoms with E-state index in [0.717, 1.165) is 17.0 Å². The molecule has 0 fully saturated rings. The van der Waals surface area contributed by atoms with Gasteiger partial charge in [-0.05, 0) is 42.8 Å². The lowest BCUT2D eigenvalue weighted by atomic mass is 10.1. The fourth-order valence-corrected chi connectivity index (χ4v) is 1.94. The van der Waals surface area contributed by atoms with Gasteiger partial charge in [0.1, 0.15) is 5.75 Å². The van der Waals surface area contributed by atoms with Gasteiger partial charge in [-0.1, -0.05) is 24.1 Å². The number of ether oxygens (including phenoxy) is 1. The summed E-state index contributed by atoms with van der Waals surface area (Å²) >= 11 is 0. The molecule has 0 aliphatic heterocycles. The molecule has 0 saturated heterocycles. The Morgan fingerprint density at radius 3 is 2.68 bits per heavy atom. The quantitative estimate of drug-likeness (QED) is 0.833. The second kappa shape index (κ2) is 5.97. The number of hydrogen-bond acceptors (Lipinski definition) is 2. The maximum atomic E-state index is 5.40. The van der Waals surface area contributed by atoms with E-state index in [4.69, 9.17) is 11.2 Å². The maximum absolute atomic E-state index is 5.40. The number of rotatable bonds is 4. The molecule has 0 aliphatic rings. The number of terminal acetylenes is 1. The van der Waals surface area contributed by atoms with Crippen molar-refractivity contribution in [2.24, 2.45) is 0 Å². The Labute approximate surface area is 114 Å². The SMILES string of the molecule is C#Cc1cccc(NC(C)c2cccc(OC)c2)c1. The summed E-state index contributed by atoms with van der Waals surface area (Å²) in [6, 6.07) is 16.1. The first-order chi connectivity index (χ1) is 9.22. The molecule has 0 spiro atoms. The van der Waals surface area contributed by atoms with Crippen molar-refractivity contribution in [1.82, 2.24) is 0 Å². The summed E-state index contributed by atoms with van der Waals surface area (Å²) in [6.07, 6.45) is 5.40. The van der Waals surface area contributed by atoms with Crippen LogP contribution >= 0.6 is 0 Å². The highest BCUT2D eigenvalue weighted by atomic mass is 16.5. The van der Waals surface area contributed by atoms with Crippen LogP contribution in [0.4, 0.5) is 5.69 Å². The van der Waals surface area contributed by atoms with E-state index in [-0.39, 0.29) is 6.04 Å². The molecule has 0 bridgehead atoms. The van der Waals surface area contributed by atoms with Crippen LogP contribution in [0.15, 0.2) is 48.5 Å². The number of nitrogens with one attached hydrogen (secondary N) is 1. The van der Waals surface area contributed by atoms with Crippen molar-refractivity contribution in [2.45, 2.75) is 13.0 Å². The van der Waals surface area contributed by atoms with Gasteiger partial charge in [-0.3, -0.25) is 0 Å². The summed E-state index contributed by atoms with van der Waals surface area (Å²) in [6.45, 7) is 2.11. The molecular weight excluding hydrogens is 234 g/mol. The summed E-state index contributed by atoms with van der Waals surface area (Å²) in [5, 5.41) is 3.43. The molecule has 2 aromatic carbocycles. The van der Waals surface area contributed by atoms with E-state index < -0.39 is 0 Å². The van der Waals surface area contributed by atoms with E-state index >= 15 is 0 Å². The summed E-state index contributed by atoms with van der Waals surface area (Å²) in [4.78, 5) is 0. The van der Waals surface area contributed by atoms with E-state index in [1.807, 2.05) is 42.5 Å². The molecule has 2 rings (SSSR count). The first-order valence-electron chi connectivity index (χ1n) is 6.20. The Hall–Kier alpha value is -2.40. The molecule has 0 amide bonds. The topological polar surface area (TPSA) is 21.3 Å². The fraction of sp³-hybridized carbons (Fsp3) is 0.176. The number of anilines is 1. The zero-order valence-corrected chi connectivity index (χ0v) is 11.2. The third kappa shape index (κ3) is 3.29. The Balaban J connectivity index is 2.15. The largest absolute Gasteiger partial charge is 0.497 e. The van der Waals surface area contributed by atoms with E-state index in [1.165, 1.54) is 5.56 Å². The number of hydrogen-bond donors (Lipinski definition) is 1. The fourth-order valence-electron chi connectivity index (χ4n) is 1.94. The second-order valence-corrected chi connectivity index (χ2v) is 4.37. The summed E-state index contributed by atoms with van der Waals surface area (Å²) in [5.41, 5.74) is 3.07. The highest BCUT2D eigenvalue weighted by molar-refractivity contribution is 5.51. The zero-order chi connectivity index (χ0) is 13.7. The van der Waals surface area contributed by atoms with E-state index in [9.17, 15) is 0 Å². The Bertz CT molecular complexity index is 598. The summed E-state index contributed by atoms with van der Waals surface area (Å²) in [7, 11) is 1.67. The molecule has 0 heterocycles. The van der Waals surface area contributed by atoms with Gasteiger partial charge in [0.05, 0.1) is 7.11 Å². The lowest BCUT2D eigenvalue weighted by Gasteiger charge is -2.16. The van der Waals surface area contributed by atoms with Crippen molar-refractivity contribution in [3.05, 3.63) is 59.7 Å². The Morgan fingerprint density at radius 1 is 1.16 bits per heavy atom. The molecule has 2 nitrogen and oxygen atoms in total. The smallest absolute Gasteiger partial charge is 0.119 e. The lowest BCUT2D eigenvalue weighted by Crippen LogP contribution is -2.06. The normalized spacial score (nSPS) is 11.4. The molecule has 0 radical (unpaired) electrons. The van der Waals surface area contributed by atoms with Crippen LogP contribution in [0.3, 0.4) is 0 Å². The summed E-state index contributed by atoms with van der Waals surface area (Å²) < 4.78 is 5.24. The zero-order valence-electron chi connectivity index (χ0n) is 11.2. The summed E-state index contributed by atoms with van der Waals surface area (Å²) in [5.74, 6) is 3.50. The average molecular weight is 251 g/mol. The van der Waals surface area contributed by atoms with Crippen molar-refractivity contribution in [2.75, 3.05) is 12.4 Å². The molecule has 1 unspecified atom stereocenters. The molecule has 2 aromatic rings. The van der Waals surface area contributed by atoms with Crippen molar-refractivity contribution < 1.29 is 4.74 Å². The van der Waals surface area contributed by atoms with Gasteiger partial charge in [-0.15, -0.1) is 6.42 Å². The Morgan fingerprint density at radius 2 is 1.95 bits per heavy atom. The van der Waals surface area contributed by atoms with Crippen LogP contribution in [0.1, 0.15) is 24.1 Å². The monoisotopic (exact) mass is 251 g/mol. The van der Waals surface area contributed by atoms with Gasteiger partial charge in [0.2, 0.25) is 0 Å². The Kier molecular flexibility index (Phi) is 4.10. The number of methoxy groups -OCH3 is 1. The van der Waals surface area contributed by atoms with Gasteiger partial charge in [0.15, 0.2) is 0 Å². The molecule has 1 N–H and O–H groups in total. The van der Waals surface area contributed by atoms with E-state index in [0.29, 0.717) is 0 Å². The molecule has 0 saturated carbocycles. The number of benzene rings is 2. The third-order valence-electron chi connectivity index (χ3n) is 3.01. The van der Waals surface area contributed by atoms with E-state index in [2.05, 4.69) is 24.2 Å². The van der Waals surface area contributed by atoms with Gasteiger partial charge in [0, 0.05) is 17.3 Å². The predicted octanol–water partition coefficient (Wildman–Crippen LogP) is 3.85. The third-order valence-corrected chi connectivity index (χ3v) is 3.01. The van der Waals surface area contributed by atoms with Crippen LogP contribution in [-0.2, 0) is 0 Å². The van der Waals surface area contributed by atoms with Crippen molar-refractivity contribution >= 4 is 5.69 Å². The van der Waals surface area contributed by atoms with Gasteiger partial charge in [-0.25, -0.2) is 0 Å². The van der Waals surface area contributed by atoms with Gasteiger partial charge >= 0.3 is 0 Å². The van der Waals surface area contributed by atoms with Crippen LogP contribution in [0.2, 0.25) is 0 Å².